The molecule has 0 amide bonds. The molecule has 6 heteroatoms. The second-order valence-corrected chi connectivity index (χ2v) is 4.62. The molecule has 2 atom stereocenters. The summed E-state index contributed by atoms with van der Waals surface area (Å²) in [6.45, 7) is 0. The summed E-state index contributed by atoms with van der Waals surface area (Å²) < 4.78 is 13.0. The third-order valence-electron chi connectivity index (χ3n) is 3.43. The number of benzene rings is 1. The maximum absolute atomic E-state index is 13.0. The molecule has 0 radical (unpaired) electrons. The first kappa shape index (κ1) is 11.9. The molecule has 5 nitrogen and oxygen atoms in total. The Hall–Kier alpha value is -2.21. The van der Waals surface area contributed by atoms with Gasteiger partial charge in [0.05, 0.1) is 18.0 Å². The minimum absolute atomic E-state index is 0.251. The van der Waals surface area contributed by atoms with Crippen LogP contribution in [0, 0.1) is 5.82 Å². The molecule has 3 N–H and O–H groups in total. The number of carboxylic acid groups (broad SMARTS) is 1. The van der Waals surface area contributed by atoms with E-state index in [9.17, 15) is 14.3 Å². The van der Waals surface area contributed by atoms with E-state index in [0.717, 1.165) is 17.0 Å². The number of fused-ring (bicyclic) bond motifs is 1. The lowest BCUT2D eigenvalue weighted by Crippen LogP contribution is -2.95. The van der Waals surface area contributed by atoms with Gasteiger partial charge in [-0.2, -0.15) is 0 Å². The predicted octanol–water partition coefficient (Wildman–Crippen LogP) is -1.12. The van der Waals surface area contributed by atoms with Gasteiger partial charge in [-0.3, -0.25) is 0 Å². The van der Waals surface area contributed by atoms with Crippen molar-refractivity contribution < 1.29 is 19.6 Å². The number of carbonyl (C=O) groups excluding carboxylic acids is 1. The summed E-state index contributed by atoms with van der Waals surface area (Å²) in [6.07, 6.45) is 1.90. The number of nitrogens with one attached hydrogen (secondary N) is 1. The van der Waals surface area contributed by atoms with Gasteiger partial charge in [0.1, 0.15) is 17.6 Å². The van der Waals surface area contributed by atoms with Gasteiger partial charge < -0.3 is 20.2 Å². The lowest BCUT2D eigenvalue weighted by atomic mass is 9.94. The van der Waals surface area contributed by atoms with Crippen LogP contribution in [0.2, 0.25) is 0 Å². The van der Waals surface area contributed by atoms with Gasteiger partial charge in [0.25, 0.3) is 0 Å². The Balaban J connectivity index is 2.00. The number of halogens is 1. The number of nitrogens with zero attached hydrogens (tertiary/aromatic N) is 1. The molecule has 1 aromatic heterocycles. The van der Waals surface area contributed by atoms with Crippen molar-refractivity contribution in [2.75, 3.05) is 0 Å². The maximum Gasteiger partial charge on any atom is 0.157 e. The molecule has 0 aliphatic carbocycles. The Morgan fingerprint density at radius 2 is 2.16 bits per heavy atom. The quantitative estimate of drug-likeness (QED) is 0.718. The van der Waals surface area contributed by atoms with Crippen molar-refractivity contribution in [3.63, 3.8) is 0 Å². The van der Waals surface area contributed by atoms with Crippen molar-refractivity contribution in [3.8, 4) is 0 Å². The van der Waals surface area contributed by atoms with Crippen LogP contribution in [0.15, 0.2) is 30.6 Å². The molecule has 19 heavy (non-hydrogen) atoms. The molecule has 2 aromatic rings. The molecule has 1 aromatic carbocycles. The second-order valence-electron chi connectivity index (χ2n) is 4.62. The zero-order valence-corrected chi connectivity index (χ0v) is 9.97. The van der Waals surface area contributed by atoms with Crippen molar-refractivity contribution in [1.29, 1.82) is 0 Å². The van der Waals surface area contributed by atoms with E-state index >= 15 is 0 Å². The van der Waals surface area contributed by atoms with Crippen molar-refractivity contribution in [2.24, 2.45) is 0 Å². The highest BCUT2D eigenvalue weighted by molar-refractivity contribution is 5.70. The summed E-state index contributed by atoms with van der Waals surface area (Å²) in [5, 5.41) is 12.8. The van der Waals surface area contributed by atoms with Crippen LogP contribution in [0.5, 0.6) is 0 Å². The lowest BCUT2D eigenvalue weighted by Gasteiger charge is -2.27. The number of H-pyrrole nitrogens is 1. The Bertz CT molecular complexity index is 609. The van der Waals surface area contributed by atoms with Crippen molar-refractivity contribution in [2.45, 2.75) is 18.5 Å². The third-order valence-corrected chi connectivity index (χ3v) is 3.43. The molecule has 3 rings (SSSR count). The van der Waals surface area contributed by atoms with E-state index < -0.39 is 12.0 Å². The first-order valence-corrected chi connectivity index (χ1v) is 5.98. The van der Waals surface area contributed by atoms with Crippen molar-refractivity contribution in [3.05, 3.63) is 53.4 Å². The van der Waals surface area contributed by atoms with Crippen LogP contribution in [0.3, 0.4) is 0 Å². The summed E-state index contributed by atoms with van der Waals surface area (Å²) in [5.74, 6) is -1.43. The van der Waals surface area contributed by atoms with E-state index in [-0.39, 0.29) is 11.9 Å². The summed E-state index contributed by atoms with van der Waals surface area (Å²) in [6, 6.07) is 5.09. The van der Waals surface area contributed by atoms with Crippen LogP contribution < -0.4 is 10.4 Å². The summed E-state index contributed by atoms with van der Waals surface area (Å²) in [7, 11) is 0. The molecular weight excluding hydrogens is 249 g/mol. The first-order valence-electron chi connectivity index (χ1n) is 5.98. The number of aliphatic carboxylic acids is 1. The van der Waals surface area contributed by atoms with E-state index in [4.69, 9.17) is 0 Å². The summed E-state index contributed by atoms with van der Waals surface area (Å²) in [4.78, 5) is 18.3. The number of imidazole rings is 1. The highest BCUT2D eigenvalue weighted by atomic mass is 19.1. The minimum atomic E-state index is -1.10. The first-order chi connectivity index (χ1) is 9.15. The molecule has 0 bridgehead atoms. The number of carboxylic acids is 1. The fraction of sp³-hybridized carbons (Fsp3) is 0.231. The highest BCUT2D eigenvalue weighted by Crippen LogP contribution is 2.23. The van der Waals surface area contributed by atoms with E-state index in [1.54, 1.807) is 23.8 Å². The molecule has 98 valence electrons. The molecule has 0 saturated carbocycles. The summed E-state index contributed by atoms with van der Waals surface area (Å²) in [5.41, 5.74) is 2.41. The number of aromatic nitrogens is 2. The van der Waals surface area contributed by atoms with E-state index in [1.165, 1.54) is 12.1 Å². The van der Waals surface area contributed by atoms with Gasteiger partial charge in [0.15, 0.2) is 6.04 Å². The van der Waals surface area contributed by atoms with Crippen molar-refractivity contribution in [1.82, 2.24) is 9.97 Å². The molecular formula is C13H12FN3O2. The molecule has 1 aliphatic rings. The van der Waals surface area contributed by atoms with Gasteiger partial charge in [-0.05, 0) is 24.3 Å². The van der Waals surface area contributed by atoms with Gasteiger partial charge in [-0.15, -0.1) is 0 Å². The van der Waals surface area contributed by atoms with E-state index in [0.29, 0.717) is 6.42 Å². The number of hydrogen-bond donors (Lipinski definition) is 2. The predicted molar refractivity (Wildman–Crippen MR) is 61.3 cm³/mol. The van der Waals surface area contributed by atoms with Crippen LogP contribution in [-0.4, -0.2) is 22.0 Å². The summed E-state index contributed by atoms with van der Waals surface area (Å²) >= 11 is 0. The van der Waals surface area contributed by atoms with Crippen LogP contribution in [-0.2, 0) is 11.2 Å². The van der Waals surface area contributed by atoms with Gasteiger partial charge in [-0.25, -0.2) is 9.37 Å². The highest BCUT2D eigenvalue weighted by Gasteiger charge is 2.33. The number of aromatic amines is 1. The molecule has 0 saturated heterocycles. The Morgan fingerprint density at radius 1 is 1.42 bits per heavy atom. The fourth-order valence-electron chi connectivity index (χ4n) is 2.48. The maximum atomic E-state index is 13.0. The lowest BCUT2D eigenvalue weighted by molar-refractivity contribution is -0.717. The standard InChI is InChI=1S/C13H12FN3O2/c14-8-3-1-7(2-4-8)11-12-9(15-6-16-12)5-10(17-11)13(18)19/h1-4,6,10-11,17H,5H2,(H,15,16)(H,18,19)/t10-,11+/m1/s1. The zero-order chi connectivity index (χ0) is 13.4. The topological polar surface area (TPSA) is 85.4 Å². The molecule has 1 aliphatic heterocycles. The SMILES string of the molecule is O=C([O-])[C@H]1Cc2[nH]cnc2[C@H](c2ccc(F)cc2)[NH2+]1. The minimum Gasteiger partial charge on any atom is -0.544 e. The number of hydrogen-bond acceptors (Lipinski definition) is 3. The Kier molecular flexibility index (Phi) is 2.79. The second kappa shape index (κ2) is 4.47. The van der Waals surface area contributed by atoms with Gasteiger partial charge in [-0.1, -0.05) is 0 Å². The molecule has 0 fully saturated rings. The average molecular weight is 261 g/mol. The number of quaternary nitrogens is 1. The monoisotopic (exact) mass is 261 g/mol. The van der Waals surface area contributed by atoms with Crippen molar-refractivity contribution >= 4 is 5.97 Å². The van der Waals surface area contributed by atoms with Gasteiger partial charge in [0.2, 0.25) is 0 Å². The smallest absolute Gasteiger partial charge is 0.157 e. The largest absolute Gasteiger partial charge is 0.544 e. The van der Waals surface area contributed by atoms with Crippen LogP contribution in [0.1, 0.15) is 23.0 Å². The third kappa shape index (κ3) is 2.10. The van der Waals surface area contributed by atoms with Crippen LogP contribution >= 0.6 is 0 Å². The molecule has 2 heterocycles. The Morgan fingerprint density at radius 3 is 2.84 bits per heavy atom. The van der Waals surface area contributed by atoms with E-state index in [2.05, 4.69) is 9.97 Å². The van der Waals surface area contributed by atoms with E-state index in [1.807, 2.05) is 0 Å². The number of carbonyl (C=O) groups is 1. The number of nitrogens with two attached hydrogens (primary N) is 1. The zero-order valence-electron chi connectivity index (χ0n) is 9.97. The number of rotatable bonds is 2. The normalized spacial score (nSPS) is 21.9. The fourth-order valence-corrected chi connectivity index (χ4v) is 2.48. The van der Waals surface area contributed by atoms with Gasteiger partial charge >= 0.3 is 0 Å². The molecule has 0 unspecified atom stereocenters. The average Bonchev–Trinajstić information content (AvgIpc) is 2.86. The van der Waals surface area contributed by atoms with Crippen LogP contribution in [0.25, 0.3) is 0 Å². The Labute approximate surface area is 108 Å². The van der Waals surface area contributed by atoms with Crippen LogP contribution in [0.4, 0.5) is 4.39 Å². The van der Waals surface area contributed by atoms with Gasteiger partial charge in [0, 0.05) is 12.0 Å². The molecule has 0 spiro atoms.